The van der Waals surface area contributed by atoms with Crippen molar-refractivity contribution in [1.82, 2.24) is 0 Å². The van der Waals surface area contributed by atoms with Crippen LogP contribution in [0, 0.1) is 0 Å². The molecule has 3 aromatic rings. The SMILES string of the molecule is O=C(OCCCCCl)C(F)(F)S(=O)(=O)[O-].c1ccc([S+](c2ccccc2)c2ccccc2)cc1. The fraction of sp³-hybridized carbons (Fsp3) is 0.208. The minimum Gasteiger partial charge on any atom is -0.743 e. The van der Waals surface area contributed by atoms with Crippen molar-refractivity contribution >= 4 is 38.6 Å². The van der Waals surface area contributed by atoms with E-state index in [0.717, 1.165) is 0 Å². The lowest BCUT2D eigenvalue weighted by atomic mass is 10.4. The van der Waals surface area contributed by atoms with Crippen molar-refractivity contribution in [1.29, 1.82) is 0 Å². The molecule has 34 heavy (non-hydrogen) atoms. The lowest BCUT2D eigenvalue weighted by molar-refractivity contribution is -0.161. The largest absolute Gasteiger partial charge is 0.743 e. The van der Waals surface area contributed by atoms with Crippen LogP contribution in [0.5, 0.6) is 0 Å². The number of rotatable bonds is 9. The van der Waals surface area contributed by atoms with Gasteiger partial charge in [0.15, 0.2) is 24.8 Å². The third-order valence-electron chi connectivity index (χ3n) is 4.25. The molecule has 5 nitrogen and oxygen atoms in total. The van der Waals surface area contributed by atoms with Gasteiger partial charge < -0.3 is 9.29 Å². The van der Waals surface area contributed by atoms with Crippen molar-refractivity contribution in [3.05, 3.63) is 91.0 Å². The average Bonchev–Trinajstić information content (AvgIpc) is 2.84. The van der Waals surface area contributed by atoms with Gasteiger partial charge in [-0.05, 0) is 49.2 Å². The number of halogens is 3. The predicted molar refractivity (Wildman–Crippen MR) is 127 cm³/mol. The van der Waals surface area contributed by atoms with Crippen LogP contribution in [-0.2, 0) is 30.5 Å². The smallest absolute Gasteiger partial charge is 0.428 e. The molecule has 0 aliphatic rings. The molecule has 0 fully saturated rings. The second kappa shape index (κ2) is 13.4. The highest BCUT2D eigenvalue weighted by Gasteiger charge is 2.48. The molecular formula is C24H23ClF2O5S2. The van der Waals surface area contributed by atoms with Crippen LogP contribution in [0.15, 0.2) is 106 Å². The molecule has 0 amide bonds. The second-order valence-electron chi connectivity index (χ2n) is 6.75. The molecule has 0 saturated carbocycles. The zero-order valence-corrected chi connectivity index (χ0v) is 20.4. The van der Waals surface area contributed by atoms with E-state index in [-0.39, 0.29) is 23.2 Å². The number of hydrogen-bond acceptors (Lipinski definition) is 5. The van der Waals surface area contributed by atoms with Gasteiger partial charge in [0.05, 0.1) is 17.5 Å². The first-order chi connectivity index (χ1) is 16.2. The van der Waals surface area contributed by atoms with E-state index in [1.54, 1.807) is 0 Å². The molecule has 0 spiro atoms. The van der Waals surface area contributed by atoms with Gasteiger partial charge in [-0.25, -0.2) is 13.2 Å². The molecule has 3 rings (SSSR count). The van der Waals surface area contributed by atoms with Crippen molar-refractivity contribution in [3.63, 3.8) is 0 Å². The first kappa shape index (κ1) is 27.8. The van der Waals surface area contributed by atoms with Crippen LogP contribution in [0.2, 0.25) is 0 Å². The fourth-order valence-electron chi connectivity index (χ4n) is 2.63. The quantitative estimate of drug-likeness (QED) is 0.121. The lowest BCUT2D eigenvalue weighted by Gasteiger charge is -2.17. The zero-order valence-electron chi connectivity index (χ0n) is 18.0. The van der Waals surface area contributed by atoms with Crippen LogP contribution in [0.4, 0.5) is 8.78 Å². The van der Waals surface area contributed by atoms with Crippen LogP contribution < -0.4 is 0 Å². The molecule has 0 saturated heterocycles. The summed E-state index contributed by atoms with van der Waals surface area (Å²) >= 11 is 5.24. The minimum absolute atomic E-state index is 0.0146. The molecule has 0 bridgehead atoms. The maximum Gasteiger partial charge on any atom is 0.428 e. The Labute approximate surface area is 205 Å². The Bertz CT molecular complexity index is 1020. The maximum atomic E-state index is 12.4. The third kappa shape index (κ3) is 8.09. The van der Waals surface area contributed by atoms with Gasteiger partial charge in [0.2, 0.25) is 0 Å². The Morgan fingerprint density at radius 3 is 1.53 bits per heavy atom. The first-order valence-corrected chi connectivity index (χ1v) is 13.3. The molecule has 0 atom stereocenters. The number of ether oxygens (including phenoxy) is 1. The van der Waals surface area contributed by atoms with Crippen molar-refractivity contribution in [2.24, 2.45) is 0 Å². The zero-order chi connectivity index (χ0) is 25.0. The number of unbranched alkanes of at least 4 members (excludes halogenated alkanes) is 1. The molecule has 0 radical (unpaired) electrons. The molecule has 0 heterocycles. The molecule has 0 unspecified atom stereocenters. The highest BCUT2D eigenvalue weighted by atomic mass is 35.5. The predicted octanol–water partition coefficient (Wildman–Crippen LogP) is 5.47. The molecular weight excluding hydrogens is 506 g/mol. The van der Waals surface area contributed by atoms with Gasteiger partial charge in [0.1, 0.15) is 0 Å². The molecule has 182 valence electrons. The van der Waals surface area contributed by atoms with Crippen LogP contribution in [0.3, 0.4) is 0 Å². The summed E-state index contributed by atoms with van der Waals surface area (Å²) in [5.41, 5.74) is 0. The summed E-state index contributed by atoms with van der Waals surface area (Å²) in [4.78, 5) is 14.6. The van der Waals surface area contributed by atoms with E-state index in [4.69, 9.17) is 11.6 Å². The van der Waals surface area contributed by atoms with Gasteiger partial charge in [0, 0.05) is 5.88 Å². The Morgan fingerprint density at radius 1 is 0.824 bits per heavy atom. The van der Waals surface area contributed by atoms with Crippen LogP contribution in [0.25, 0.3) is 0 Å². The monoisotopic (exact) mass is 528 g/mol. The van der Waals surface area contributed by atoms with Gasteiger partial charge in [0.25, 0.3) is 0 Å². The molecule has 0 aliphatic heterocycles. The Hall–Kier alpha value is -2.46. The van der Waals surface area contributed by atoms with E-state index in [0.29, 0.717) is 6.42 Å². The number of esters is 1. The Kier molecular flexibility index (Phi) is 11.0. The van der Waals surface area contributed by atoms with E-state index in [9.17, 15) is 26.5 Å². The van der Waals surface area contributed by atoms with Crippen LogP contribution in [0.1, 0.15) is 12.8 Å². The van der Waals surface area contributed by atoms with Gasteiger partial charge in [-0.2, -0.15) is 8.78 Å². The fourth-order valence-corrected chi connectivity index (χ4v) is 5.18. The van der Waals surface area contributed by atoms with E-state index in [2.05, 4.69) is 95.7 Å². The summed E-state index contributed by atoms with van der Waals surface area (Å²) < 4.78 is 58.6. The number of carbonyl (C=O) groups excluding carboxylic acids is 1. The van der Waals surface area contributed by atoms with Crippen molar-refractivity contribution < 1.29 is 31.3 Å². The van der Waals surface area contributed by atoms with E-state index in [1.165, 1.54) is 14.7 Å². The Morgan fingerprint density at radius 2 is 1.21 bits per heavy atom. The van der Waals surface area contributed by atoms with Crippen molar-refractivity contribution in [2.75, 3.05) is 12.5 Å². The number of benzene rings is 3. The molecule has 0 N–H and O–H groups in total. The number of hydrogen-bond donors (Lipinski definition) is 0. The lowest BCUT2D eigenvalue weighted by Crippen LogP contribution is -2.39. The van der Waals surface area contributed by atoms with E-state index >= 15 is 0 Å². The van der Waals surface area contributed by atoms with Gasteiger partial charge in [-0.15, -0.1) is 11.6 Å². The standard InChI is InChI=1S/C18H15S.C6H9ClF2O5S/c1-4-10-16(11-5-1)19(17-12-6-2-7-13-17)18-14-8-3-9-15-18;7-3-1-2-4-14-5(10)6(8,9)15(11,12)13/h1-15H;1-4H2,(H,11,12,13)/q+1;/p-1. The van der Waals surface area contributed by atoms with Crippen LogP contribution >= 0.6 is 11.6 Å². The highest BCUT2D eigenvalue weighted by Crippen LogP contribution is 2.30. The summed E-state index contributed by atoms with van der Waals surface area (Å²) in [6, 6.07) is 32.2. The van der Waals surface area contributed by atoms with Crippen molar-refractivity contribution in [3.8, 4) is 0 Å². The normalized spacial score (nSPS) is 11.4. The van der Waals surface area contributed by atoms with E-state index in [1.807, 2.05) is 0 Å². The molecule has 0 aromatic heterocycles. The third-order valence-corrected chi connectivity index (χ3v) is 7.54. The average molecular weight is 529 g/mol. The second-order valence-corrected chi connectivity index (χ2v) is 10.6. The summed E-state index contributed by atoms with van der Waals surface area (Å²) in [6.45, 7) is -0.406. The summed E-state index contributed by atoms with van der Waals surface area (Å²) in [7, 11) is -6.04. The first-order valence-electron chi connectivity index (χ1n) is 10.1. The number of carbonyl (C=O) groups is 1. The summed E-state index contributed by atoms with van der Waals surface area (Å²) in [5.74, 6) is -2.10. The highest BCUT2D eigenvalue weighted by molar-refractivity contribution is 7.97. The maximum absolute atomic E-state index is 12.4. The minimum atomic E-state index is -6.03. The summed E-state index contributed by atoms with van der Waals surface area (Å²) in [5, 5.41) is -5.03. The van der Waals surface area contributed by atoms with Gasteiger partial charge in [-0.3, -0.25) is 0 Å². The number of alkyl halides is 3. The molecule has 3 aromatic carbocycles. The Balaban J connectivity index is 0.000000249. The van der Waals surface area contributed by atoms with Gasteiger partial charge >= 0.3 is 11.2 Å². The van der Waals surface area contributed by atoms with Crippen LogP contribution in [-0.4, -0.2) is 36.7 Å². The molecule has 0 aliphatic carbocycles. The van der Waals surface area contributed by atoms with Crippen molar-refractivity contribution in [2.45, 2.75) is 32.8 Å². The summed E-state index contributed by atoms with van der Waals surface area (Å²) in [6.07, 6.45) is 0.634. The van der Waals surface area contributed by atoms with E-state index < -0.39 is 27.9 Å². The van der Waals surface area contributed by atoms with Gasteiger partial charge in [-0.1, -0.05) is 54.6 Å². The molecule has 10 heteroatoms. The topological polar surface area (TPSA) is 83.5 Å².